The number of carboxylic acid groups (broad SMARTS) is 1. The molecular weight excluding hydrogens is 198 g/mol. The summed E-state index contributed by atoms with van der Waals surface area (Å²) < 4.78 is 0. The van der Waals surface area contributed by atoms with Crippen LogP contribution in [0, 0.1) is 11.3 Å². The van der Waals surface area contributed by atoms with Crippen LogP contribution >= 0.6 is 0 Å². The Hall–Kier alpha value is -1.10. The second kappa shape index (κ2) is 3.48. The fourth-order valence-electron chi connectivity index (χ4n) is 2.04. The predicted octanol–water partition coefficient (Wildman–Crippen LogP) is -0.308. The maximum atomic E-state index is 11.5. The van der Waals surface area contributed by atoms with E-state index in [-0.39, 0.29) is 24.3 Å². The lowest BCUT2D eigenvalue weighted by Gasteiger charge is -2.21. The standard InChI is InChI=1S/C10H15NO4/c12-6-10(1-2-10)5-11-4-7(9(14)15)3-8(11)13/h7,12H,1-6H2,(H,14,15). The quantitative estimate of drug-likeness (QED) is 0.671. The van der Waals surface area contributed by atoms with Crippen molar-refractivity contribution in [3.05, 3.63) is 0 Å². The smallest absolute Gasteiger partial charge is 0.308 e. The van der Waals surface area contributed by atoms with Crippen molar-refractivity contribution in [2.45, 2.75) is 19.3 Å². The molecule has 15 heavy (non-hydrogen) atoms. The number of hydrogen-bond acceptors (Lipinski definition) is 3. The van der Waals surface area contributed by atoms with Crippen molar-refractivity contribution >= 4 is 11.9 Å². The third-order valence-corrected chi connectivity index (χ3v) is 3.38. The van der Waals surface area contributed by atoms with Gasteiger partial charge < -0.3 is 15.1 Å². The topological polar surface area (TPSA) is 77.8 Å². The lowest BCUT2D eigenvalue weighted by atomic mass is 10.1. The molecule has 0 bridgehead atoms. The van der Waals surface area contributed by atoms with Crippen molar-refractivity contribution in [2.24, 2.45) is 11.3 Å². The molecule has 1 amide bonds. The number of aliphatic carboxylic acids is 1. The van der Waals surface area contributed by atoms with E-state index in [1.54, 1.807) is 4.90 Å². The average Bonchev–Trinajstić information content (AvgIpc) is 2.87. The Morgan fingerprint density at radius 3 is 2.60 bits per heavy atom. The highest BCUT2D eigenvalue weighted by molar-refractivity contribution is 5.86. The van der Waals surface area contributed by atoms with E-state index in [2.05, 4.69) is 0 Å². The van der Waals surface area contributed by atoms with Crippen LogP contribution < -0.4 is 0 Å². The van der Waals surface area contributed by atoms with Gasteiger partial charge in [-0.2, -0.15) is 0 Å². The van der Waals surface area contributed by atoms with Crippen molar-refractivity contribution in [3.8, 4) is 0 Å². The summed E-state index contributed by atoms with van der Waals surface area (Å²) in [5, 5.41) is 17.9. The van der Waals surface area contributed by atoms with Gasteiger partial charge in [0, 0.05) is 24.9 Å². The van der Waals surface area contributed by atoms with Crippen LogP contribution in [0.25, 0.3) is 0 Å². The Balaban J connectivity index is 1.94. The molecule has 1 aliphatic heterocycles. The van der Waals surface area contributed by atoms with Gasteiger partial charge in [0.05, 0.1) is 12.5 Å². The SMILES string of the molecule is O=C(O)C1CC(=O)N(CC2(CO)CC2)C1. The molecule has 2 N–H and O–H groups in total. The van der Waals surface area contributed by atoms with Crippen LogP contribution in [0.4, 0.5) is 0 Å². The summed E-state index contributed by atoms with van der Waals surface area (Å²) in [4.78, 5) is 23.8. The molecule has 84 valence electrons. The fraction of sp³-hybridized carbons (Fsp3) is 0.800. The molecule has 1 aliphatic carbocycles. The van der Waals surface area contributed by atoms with E-state index in [4.69, 9.17) is 10.2 Å². The van der Waals surface area contributed by atoms with Crippen molar-refractivity contribution < 1.29 is 19.8 Å². The first kappa shape index (κ1) is 10.4. The van der Waals surface area contributed by atoms with Crippen LogP contribution in [0.15, 0.2) is 0 Å². The van der Waals surface area contributed by atoms with Crippen molar-refractivity contribution in [2.75, 3.05) is 19.7 Å². The molecule has 1 atom stereocenters. The summed E-state index contributed by atoms with van der Waals surface area (Å²) in [6.07, 6.45) is 1.98. The summed E-state index contributed by atoms with van der Waals surface area (Å²) in [6, 6.07) is 0. The van der Waals surface area contributed by atoms with Crippen LogP contribution in [-0.4, -0.2) is 46.7 Å². The number of aliphatic hydroxyl groups is 1. The largest absolute Gasteiger partial charge is 0.481 e. The lowest BCUT2D eigenvalue weighted by molar-refractivity contribution is -0.141. The minimum Gasteiger partial charge on any atom is -0.481 e. The summed E-state index contributed by atoms with van der Waals surface area (Å²) >= 11 is 0. The Kier molecular flexibility index (Phi) is 2.42. The number of nitrogens with zero attached hydrogens (tertiary/aromatic N) is 1. The second-order valence-electron chi connectivity index (χ2n) is 4.67. The van der Waals surface area contributed by atoms with Gasteiger partial charge in [-0.3, -0.25) is 9.59 Å². The van der Waals surface area contributed by atoms with E-state index < -0.39 is 11.9 Å². The highest BCUT2D eigenvalue weighted by Crippen LogP contribution is 2.46. The Bertz CT molecular complexity index is 298. The zero-order valence-electron chi connectivity index (χ0n) is 8.48. The average molecular weight is 213 g/mol. The highest BCUT2D eigenvalue weighted by atomic mass is 16.4. The van der Waals surface area contributed by atoms with E-state index >= 15 is 0 Å². The van der Waals surface area contributed by atoms with E-state index in [1.165, 1.54) is 0 Å². The summed E-state index contributed by atoms with van der Waals surface area (Å²) in [6.45, 7) is 0.913. The summed E-state index contributed by atoms with van der Waals surface area (Å²) in [7, 11) is 0. The first-order chi connectivity index (χ1) is 7.06. The zero-order valence-corrected chi connectivity index (χ0v) is 8.48. The van der Waals surface area contributed by atoms with E-state index in [1.807, 2.05) is 0 Å². The fourth-order valence-corrected chi connectivity index (χ4v) is 2.04. The number of hydrogen-bond donors (Lipinski definition) is 2. The molecule has 2 fully saturated rings. The van der Waals surface area contributed by atoms with Crippen molar-refractivity contribution in [3.63, 3.8) is 0 Å². The Labute approximate surface area is 87.7 Å². The molecule has 5 heteroatoms. The zero-order chi connectivity index (χ0) is 11.1. The van der Waals surface area contributed by atoms with E-state index in [0.717, 1.165) is 12.8 Å². The van der Waals surface area contributed by atoms with Gasteiger partial charge in [-0.25, -0.2) is 0 Å². The molecule has 2 rings (SSSR count). The van der Waals surface area contributed by atoms with Crippen LogP contribution in [0.3, 0.4) is 0 Å². The molecule has 1 heterocycles. The highest BCUT2D eigenvalue weighted by Gasteiger charge is 2.46. The second-order valence-corrected chi connectivity index (χ2v) is 4.67. The van der Waals surface area contributed by atoms with Gasteiger partial charge in [-0.15, -0.1) is 0 Å². The molecule has 1 unspecified atom stereocenters. The predicted molar refractivity (Wildman–Crippen MR) is 51.1 cm³/mol. The number of aliphatic hydroxyl groups excluding tert-OH is 1. The van der Waals surface area contributed by atoms with Crippen molar-refractivity contribution in [1.29, 1.82) is 0 Å². The molecule has 0 spiro atoms. The minimum atomic E-state index is -0.903. The molecule has 0 radical (unpaired) electrons. The van der Waals surface area contributed by atoms with Gasteiger partial charge in [-0.05, 0) is 12.8 Å². The Morgan fingerprint density at radius 1 is 1.53 bits per heavy atom. The third-order valence-electron chi connectivity index (χ3n) is 3.38. The molecule has 0 aromatic heterocycles. The van der Waals surface area contributed by atoms with Crippen LogP contribution in [0.1, 0.15) is 19.3 Å². The van der Waals surface area contributed by atoms with Crippen LogP contribution in [0.5, 0.6) is 0 Å². The van der Waals surface area contributed by atoms with Gasteiger partial charge in [0.15, 0.2) is 0 Å². The maximum absolute atomic E-state index is 11.5. The Morgan fingerprint density at radius 2 is 2.20 bits per heavy atom. The number of likely N-dealkylation sites (tertiary alicyclic amines) is 1. The van der Waals surface area contributed by atoms with Gasteiger partial charge in [0.1, 0.15) is 0 Å². The molecule has 2 aliphatic rings. The first-order valence-corrected chi connectivity index (χ1v) is 5.18. The summed E-state index contributed by atoms with van der Waals surface area (Å²) in [5.41, 5.74) is -0.122. The summed E-state index contributed by atoms with van der Waals surface area (Å²) in [5.74, 6) is -1.56. The normalized spacial score (nSPS) is 28.2. The van der Waals surface area contributed by atoms with E-state index in [0.29, 0.717) is 13.1 Å². The monoisotopic (exact) mass is 213 g/mol. The van der Waals surface area contributed by atoms with Gasteiger partial charge in [0.2, 0.25) is 5.91 Å². The number of carbonyl (C=O) groups excluding carboxylic acids is 1. The molecular formula is C10H15NO4. The number of carbonyl (C=O) groups is 2. The molecule has 0 aromatic rings. The lowest BCUT2D eigenvalue weighted by Crippen LogP contribution is -2.34. The number of amides is 1. The molecule has 1 saturated carbocycles. The molecule has 1 saturated heterocycles. The third kappa shape index (κ3) is 1.97. The van der Waals surface area contributed by atoms with Crippen LogP contribution in [-0.2, 0) is 9.59 Å². The van der Waals surface area contributed by atoms with Crippen LogP contribution in [0.2, 0.25) is 0 Å². The first-order valence-electron chi connectivity index (χ1n) is 5.18. The number of carboxylic acids is 1. The van der Waals surface area contributed by atoms with E-state index in [9.17, 15) is 9.59 Å². The van der Waals surface area contributed by atoms with Crippen molar-refractivity contribution in [1.82, 2.24) is 4.90 Å². The van der Waals surface area contributed by atoms with Gasteiger partial charge in [-0.1, -0.05) is 0 Å². The molecule has 0 aromatic carbocycles. The minimum absolute atomic E-state index is 0.0918. The van der Waals surface area contributed by atoms with Gasteiger partial charge >= 0.3 is 5.97 Å². The molecule has 5 nitrogen and oxygen atoms in total. The maximum Gasteiger partial charge on any atom is 0.308 e. The van der Waals surface area contributed by atoms with Gasteiger partial charge in [0.25, 0.3) is 0 Å². The number of rotatable bonds is 4.